The van der Waals surface area contributed by atoms with Gasteiger partial charge >= 0.3 is 0 Å². The maximum atomic E-state index is 12.3. The minimum absolute atomic E-state index is 0.0279. The topological polar surface area (TPSA) is 32.9 Å². The van der Waals surface area contributed by atoms with Gasteiger partial charge in [-0.2, -0.15) is 0 Å². The molecule has 4 heteroatoms. The Labute approximate surface area is 123 Å². The number of carbonyl (C=O) groups is 1. The number of aromatic amines is 1. The van der Waals surface area contributed by atoms with E-state index in [1.54, 1.807) is 12.1 Å². The highest BCUT2D eigenvalue weighted by Gasteiger charge is 2.12. The number of rotatable bonds is 2. The summed E-state index contributed by atoms with van der Waals surface area (Å²) in [6.45, 7) is 0. The van der Waals surface area contributed by atoms with Gasteiger partial charge in [0.15, 0.2) is 0 Å². The van der Waals surface area contributed by atoms with Crippen LogP contribution in [0.4, 0.5) is 0 Å². The Kier molecular flexibility index (Phi) is 3.17. The third-order valence-electron chi connectivity index (χ3n) is 2.94. The molecule has 1 heterocycles. The second-order valence-corrected chi connectivity index (χ2v) is 5.60. The average molecular weight is 335 g/mol. The Morgan fingerprint density at radius 2 is 1.79 bits per heavy atom. The van der Waals surface area contributed by atoms with E-state index < -0.39 is 0 Å². The molecule has 0 aliphatic carbocycles. The van der Waals surface area contributed by atoms with Crippen molar-refractivity contribution in [3.63, 3.8) is 0 Å². The minimum Gasteiger partial charge on any atom is -0.352 e. The molecule has 2 nitrogen and oxygen atoms in total. The summed E-state index contributed by atoms with van der Waals surface area (Å²) in [6, 6.07) is 14.7. The summed E-state index contributed by atoms with van der Waals surface area (Å²) in [5.41, 5.74) is 2.09. The lowest BCUT2D eigenvalue weighted by Gasteiger charge is -1.98. The number of nitrogens with one attached hydrogen (secondary N) is 1. The van der Waals surface area contributed by atoms with Crippen LogP contribution in [-0.4, -0.2) is 10.8 Å². The third-order valence-corrected chi connectivity index (χ3v) is 3.70. The Hall–Kier alpha value is -1.58. The molecule has 0 bridgehead atoms. The van der Waals surface area contributed by atoms with Gasteiger partial charge in [-0.15, -0.1) is 0 Å². The Morgan fingerprint density at radius 3 is 2.53 bits per heavy atom. The first-order valence-electron chi connectivity index (χ1n) is 5.72. The maximum absolute atomic E-state index is 12.3. The molecule has 19 heavy (non-hydrogen) atoms. The molecular formula is C15H9BrClNO. The molecule has 2 aromatic carbocycles. The van der Waals surface area contributed by atoms with Gasteiger partial charge in [0.2, 0.25) is 5.78 Å². The summed E-state index contributed by atoms with van der Waals surface area (Å²) in [5.74, 6) is -0.0279. The quantitative estimate of drug-likeness (QED) is 0.670. The van der Waals surface area contributed by atoms with Crippen LogP contribution in [0.5, 0.6) is 0 Å². The van der Waals surface area contributed by atoms with E-state index in [0.29, 0.717) is 16.3 Å². The molecule has 0 aliphatic heterocycles. The maximum Gasteiger partial charge on any atom is 0.209 e. The number of fused-ring (bicyclic) bond motifs is 1. The third kappa shape index (κ3) is 2.44. The summed E-state index contributed by atoms with van der Waals surface area (Å²) in [5, 5.41) is 1.63. The van der Waals surface area contributed by atoms with Gasteiger partial charge in [0.25, 0.3) is 0 Å². The van der Waals surface area contributed by atoms with E-state index in [1.165, 1.54) is 0 Å². The Morgan fingerprint density at radius 1 is 1.05 bits per heavy atom. The van der Waals surface area contributed by atoms with Gasteiger partial charge in [-0.3, -0.25) is 4.79 Å². The first-order valence-corrected chi connectivity index (χ1v) is 6.89. The fraction of sp³-hybridized carbons (Fsp3) is 0. The number of hydrogen-bond donors (Lipinski definition) is 1. The number of hydrogen-bond acceptors (Lipinski definition) is 1. The first kappa shape index (κ1) is 12.5. The number of carbonyl (C=O) groups excluding carboxylic acids is 1. The molecule has 0 fully saturated rings. The van der Waals surface area contributed by atoms with Crippen LogP contribution in [0.15, 0.2) is 53.0 Å². The zero-order valence-electron chi connectivity index (χ0n) is 9.78. The zero-order valence-corrected chi connectivity index (χ0v) is 12.1. The van der Waals surface area contributed by atoms with E-state index in [1.807, 2.05) is 36.4 Å². The van der Waals surface area contributed by atoms with Gasteiger partial charge in [0.1, 0.15) is 0 Å². The molecule has 3 rings (SSSR count). The van der Waals surface area contributed by atoms with Crippen LogP contribution in [0.25, 0.3) is 10.9 Å². The van der Waals surface area contributed by atoms with Crippen molar-refractivity contribution in [2.45, 2.75) is 0 Å². The second kappa shape index (κ2) is 4.83. The van der Waals surface area contributed by atoms with E-state index in [-0.39, 0.29) is 5.78 Å². The van der Waals surface area contributed by atoms with Crippen LogP contribution in [0, 0.1) is 0 Å². The average Bonchev–Trinajstić information content (AvgIpc) is 2.81. The van der Waals surface area contributed by atoms with Crippen LogP contribution in [0.1, 0.15) is 16.1 Å². The van der Waals surface area contributed by atoms with E-state index in [4.69, 9.17) is 11.6 Å². The molecule has 0 aliphatic rings. The Bertz CT molecular complexity index is 761. The zero-order chi connectivity index (χ0) is 13.4. The molecule has 0 saturated carbocycles. The van der Waals surface area contributed by atoms with Crippen molar-refractivity contribution in [3.05, 3.63) is 69.3 Å². The first-order chi connectivity index (χ1) is 9.13. The highest BCUT2D eigenvalue weighted by atomic mass is 79.9. The molecule has 0 spiro atoms. The number of benzene rings is 2. The minimum atomic E-state index is -0.0279. The summed E-state index contributed by atoms with van der Waals surface area (Å²) >= 11 is 9.28. The smallest absolute Gasteiger partial charge is 0.209 e. The molecule has 0 saturated heterocycles. The number of aromatic nitrogens is 1. The lowest BCUT2D eigenvalue weighted by atomic mass is 10.1. The van der Waals surface area contributed by atoms with Gasteiger partial charge in [-0.25, -0.2) is 0 Å². The SMILES string of the molecule is O=C(c1ccc(Br)cc1)c1cc2ccc(Cl)cc2[nH]1. The van der Waals surface area contributed by atoms with E-state index >= 15 is 0 Å². The standard InChI is InChI=1S/C15H9BrClNO/c16-11-4-1-9(2-5-11)15(19)14-7-10-3-6-12(17)8-13(10)18-14/h1-8,18H. The number of halogens is 2. The van der Waals surface area contributed by atoms with Crippen LogP contribution < -0.4 is 0 Å². The number of H-pyrrole nitrogens is 1. The molecule has 94 valence electrons. The van der Waals surface area contributed by atoms with E-state index in [9.17, 15) is 4.79 Å². The normalized spacial score (nSPS) is 10.8. The molecule has 0 radical (unpaired) electrons. The number of ketones is 1. The highest BCUT2D eigenvalue weighted by Crippen LogP contribution is 2.22. The second-order valence-electron chi connectivity index (χ2n) is 4.25. The van der Waals surface area contributed by atoms with Crippen molar-refractivity contribution >= 4 is 44.2 Å². The van der Waals surface area contributed by atoms with Gasteiger partial charge in [-0.1, -0.05) is 33.6 Å². The van der Waals surface area contributed by atoms with Gasteiger partial charge < -0.3 is 4.98 Å². The monoisotopic (exact) mass is 333 g/mol. The highest BCUT2D eigenvalue weighted by molar-refractivity contribution is 9.10. The summed E-state index contributed by atoms with van der Waals surface area (Å²) < 4.78 is 0.951. The van der Waals surface area contributed by atoms with Crippen molar-refractivity contribution in [3.8, 4) is 0 Å². The predicted molar refractivity (Wildman–Crippen MR) is 80.9 cm³/mol. The molecule has 3 aromatic rings. The van der Waals surface area contributed by atoms with Crippen LogP contribution in [-0.2, 0) is 0 Å². The summed E-state index contributed by atoms with van der Waals surface area (Å²) in [4.78, 5) is 15.4. The van der Waals surface area contributed by atoms with Crippen molar-refractivity contribution in [1.29, 1.82) is 0 Å². The lowest BCUT2D eigenvalue weighted by molar-refractivity contribution is 0.103. The van der Waals surface area contributed by atoms with Crippen LogP contribution >= 0.6 is 27.5 Å². The van der Waals surface area contributed by atoms with E-state index in [2.05, 4.69) is 20.9 Å². The van der Waals surface area contributed by atoms with Crippen LogP contribution in [0.2, 0.25) is 5.02 Å². The van der Waals surface area contributed by atoms with Gasteiger partial charge in [0.05, 0.1) is 5.69 Å². The van der Waals surface area contributed by atoms with Crippen LogP contribution in [0.3, 0.4) is 0 Å². The molecule has 0 amide bonds. The Balaban J connectivity index is 2.04. The van der Waals surface area contributed by atoms with Crippen molar-refractivity contribution in [2.24, 2.45) is 0 Å². The predicted octanol–water partition coefficient (Wildman–Crippen LogP) is 4.81. The summed E-state index contributed by atoms with van der Waals surface area (Å²) in [6.07, 6.45) is 0. The summed E-state index contributed by atoms with van der Waals surface area (Å²) in [7, 11) is 0. The lowest BCUT2D eigenvalue weighted by Crippen LogP contribution is -2.00. The fourth-order valence-electron chi connectivity index (χ4n) is 1.98. The van der Waals surface area contributed by atoms with Crippen molar-refractivity contribution in [2.75, 3.05) is 0 Å². The van der Waals surface area contributed by atoms with Crippen molar-refractivity contribution in [1.82, 2.24) is 4.98 Å². The molecule has 1 N–H and O–H groups in total. The molecule has 0 unspecified atom stereocenters. The van der Waals surface area contributed by atoms with Crippen molar-refractivity contribution < 1.29 is 4.79 Å². The molecule has 1 aromatic heterocycles. The van der Waals surface area contributed by atoms with Gasteiger partial charge in [0, 0.05) is 26.0 Å². The molecule has 0 atom stereocenters. The fourth-order valence-corrected chi connectivity index (χ4v) is 2.41. The molecular weight excluding hydrogens is 326 g/mol. The van der Waals surface area contributed by atoms with Gasteiger partial charge in [-0.05, 0) is 42.5 Å². The largest absolute Gasteiger partial charge is 0.352 e. The van der Waals surface area contributed by atoms with E-state index in [0.717, 1.165) is 15.4 Å².